The molecule has 0 radical (unpaired) electrons. The Morgan fingerprint density at radius 1 is 1.69 bits per heavy atom. The molecule has 2 atom stereocenters. The maximum absolute atomic E-state index is 11.4. The van der Waals surface area contributed by atoms with Gasteiger partial charge in [-0.1, -0.05) is 20.3 Å². The molecule has 13 heavy (non-hydrogen) atoms. The summed E-state index contributed by atoms with van der Waals surface area (Å²) in [7, 11) is 0. The Morgan fingerprint density at radius 2 is 2.38 bits per heavy atom. The van der Waals surface area contributed by atoms with Crippen molar-refractivity contribution >= 4 is 5.91 Å². The summed E-state index contributed by atoms with van der Waals surface area (Å²) in [5.41, 5.74) is 5.18. The number of nitrogens with two attached hydrogens (primary N) is 1. The predicted molar refractivity (Wildman–Crippen MR) is 53.2 cm³/mol. The SMILES string of the molecule is CCC[C@](C)(C(N)=O)[C@@H]1CCNC1. The molecule has 0 aromatic heterocycles. The Labute approximate surface area is 80.1 Å². The van der Waals surface area contributed by atoms with Gasteiger partial charge in [0.25, 0.3) is 0 Å². The summed E-state index contributed by atoms with van der Waals surface area (Å²) in [5.74, 6) is 0.299. The van der Waals surface area contributed by atoms with Crippen LogP contribution in [-0.2, 0) is 4.79 Å². The molecule has 3 heteroatoms. The lowest BCUT2D eigenvalue weighted by atomic mass is 9.73. The van der Waals surface area contributed by atoms with E-state index in [1.165, 1.54) is 0 Å². The van der Waals surface area contributed by atoms with Gasteiger partial charge in [0.2, 0.25) is 5.91 Å². The molecule has 0 spiro atoms. The molecule has 1 aliphatic rings. The molecule has 1 amide bonds. The predicted octanol–water partition coefficient (Wildman–Crippen LogP) is 0.888. The van der Waals surface area contributed by atoms with Crippen molar-refractivity contribution in [3.05, 3.63) is 0 Å². The minimum atomic E-state index is -0.293. The number of hydrogen-bond acceptors (Lipinski definition) is 2. The summed E-state index contributed by atoms with van der Waals surface area (Å²) in [6, 6.07) is 0. The number of rotatable bonds is 4. The van der Waals surface area contributed by atoms with Gasteiger partial charge in [-0.05, 0) is 31.8 Å². The van der Waals surface area contributed by atoms with Crippen molar-refractivity contribution in [2.75, 3.05) is 13.1 Å². The van der Waals surface area contributed by atoms with Crippen LogP contribution in [0.5, 0.6) is 0 Å². The average molecular weight is 184 g/mol. The van der Waals surface area contributed by atoms with Crippen molar-refractivity contribution in [3.8, 4) is 0 Å². The second-order valence-electron chi connectivity index (χ2n) is 4.22. The van der Waals surface area contributed by atoms with Crippen LogP contribution in [0.25, 0.3) is 0 Å². The minimum absolute atomic E-state index is 0.136. The number of carbonyl (C=O) groups excluding carboxylic acids is 1. The van der Waals surface area contributed by atoms with Gasteiger partial charge in [-0.2, -0.15) is 0 Å². The van der Waals surface area contributed by atoms with Crippen LogP contribution in [0.4, 0.5) is 0 Å². The third-order valence-electron chi connectivity index (χ3n) is 3.29. The van der Waals surface area contributed by atoms with E-state index in [2.05, 4.69) is 12.2 Å². The van der Waals surface area contributed by atoms with E-state index in [0.717, 1.165) is 32.4 Å². The zero-order chi connectivity index (χ0) is 9.90. The molecule has 0 aromatic carbocycles. The van der Waals surface area contributed by atoms with Crippen molar-refractivity contribution in [2.45, 2.75) is 33.1 Å². The quantitative estimate of drug-likeness (QED) is 0.681. The van der Waals surface area contributed by atoms with Gasteiger partial charge in [0.05, 0.1) is 5.41 Å². The monoisotopic (exact) mass is 184 g/mol. The number of primary amides is 1. The first kappa shape index (κ1) is 10.5. The van der Waals surface area contributed by atoms with Crippen molar-refractivity contribution in [1.29, 1.82) is 0 Å². The van der Waals surface area contributed by atoms with E-state index in [1.807, 2.05) is 6.92 Å². The van der Waals surface area contributed by atoms with Crippen LogP contribution >= 0.6 is 0 Å². The molecule has 3 nitrogen and oxygen atoms in total. The van der Waals surface area contributed by atoms with Gasteiger partial charge in [0.15, 0.2) is 0 Å². The Balaban J connectivity index is 2.69. The summed E-state index contributed by atoms with van der Waals surface area (Å²) in [6.45, 7) is 6.08. The van der Waals surface area contributed by atoms with Gasteiger partial charge >= 0.3 is 0 Å². The molecule has 3 N–H and O–H groups in total. The van der Waals surface area contributed by atoms with Gasteiger partial charge in [-0.25, -0.2) is 0 Å². The molecule has 1 aliphatic heterocycles. The van der Waals surface area contributed by atoms with Crippen LogP contribution in [0.3, 0.4) is 0 Å². The second-order valence-corrected chi connectivity index (χ2v) is 4.22. The van der Waals surface area contributed by atoms with Crippen molar-refractivity contribution in [3.63, 3.8) is 0 Å². The molecule has 0 aromatic rings. The van der Waals surface area contributed by atoms with Gasteiger partial charge in [0, 0.05) is 0 Å². The third kappa shape index (κ3) is 2.02. The molecule has 1 saturated heterocycles. The zero-order valence-corrected chi connectivity index (χ0v) is 8.60. The van der Waals surface area contributed by atoms with Crippen molar-refractivity contribution in [1.82, 2.24) is 5.32 Å². The van der Waals surface area contributed by atoms with E-state index in [1.54, 1.807) is 0 Å². The molecule has 0 aliphatic carbocycles. The van der Waals surface area contributed by atoms with Crippen LogP contribution < -0.4 is 11.1 Å². The average Bonchev–Trinajstić information content (AvgIpc) is 2.56. The highest BCUT2D eigenvalue weighted by Gasteiger charge is 2.39. The number of nitrogens with one attached hydrogen (secondary N) is 1. The van der Waals surface area contributed by atoms with Crippen molar-refractivity contribution in [2.24, 2.45) is 17.1 Å². The number of carbonyl (C=O) groups is 1. The fourth-order valence-corrected chi connectivity index (χ4v) is 2.25. The van der Waals surface area contributed by atoms with E-state index >= 15 is 0 Å². The van der Waals surface area contributed by atoms with Crippen LogP contribution in [0, 0.1) is 11.3 Å². The van der Waals surface area contributed by atoms with Crippen LogP contribution in [0.15, 0.2) is 0 Å². The highest BCUT2D eigenvalue weighted by atomic mass is 16.1. The van der Waals surface area contributed by atoms with E-state index in [0.29, 0.717) is 5.92 Å². The maximum atomic E-state index is 11.4. The van der Waals surface area contributed by atoms with Gasteiger partial charge in [-0.15, -0.1) is 0 Å². The summed E-state index contributed by atoms with van der Waals surface area (Å²) in [5, 5.41) is 3.28. The van der Waals surface area contributed by atoms with Gasteiger partial charge in [-0.3, -0.25) is 4.79 Å². The first-order chi connectivity index (χ1) is 6.11. The summed E-state index contributed by atoms with van der Waals surface area (Å²) < 4.78 is 0. The smallest absolute Gasteiger partial charge is 0.223 e. The van der Waals surface area contributed by atoms with Gasteiger partial charge in [0.1, 0.15) is 0 Å². The van der Waals surface area contributed by atoms with Gasteiger partial charge < -0.3 is 11.1 Å². The maximum Gasteiger partial charge on any atom is 0.223 e. The first-order valence-electron chi connectivity index (χ1n) is 5.12. The second kappa shape index (κ2) is 4.09. The molecule has 1 fully saturated rings. The van der Waals surface area contributed by atoms with E-state index in [-0.39, 0.29) is 11.3 Å². The standard InChI is InChI=1S/C10H20N2O/c1-3-5-10(2,9(11)13)8-4-6-12-7-8/h8,12H,3-7H2,1-2H3,(H2,11,13)/t8-,10+/m1/s1. The Morgan fingerprint density at radius 3 is 2.77 bits per heavy atom. The normalized spacial score (nSPS) is 27.1. The summed E-state index contributed by atoms with van der Waals surface area (Å²) >= 11 is 0. The lowest BCUT2D eigenvalue weighted by Crippen LogP contribution is -2.41. The molecular weight excluding hydrogens is 164 g/mol. The van der Waals surface area contributed by atoms with Crippen LogP contribution in [-0.4, -0.2) is 19.0 Å². The highest BCUT2D eigenvalue weighted by Crippen LogP contribution is 2.35. The minimum Gasteiger partial charge on any atom is -0.369 e. The summed E-state index contributed by atoms with van der Waals surface area (Å²) in [6.07, 6.45) is 3.02. The highest BCUT2D eigenvalue weighted by molar-refractivity contribution is 5.80. The largest absolute Gasteiger partial charge is 0.369 e. The van der Waals surface area contributed by atoms with E-state index < -0.39 is 0 Å². The molecule has 1 rings (SSSR count). The van der Waals surface area contributed by atoms with Crippen LogP contribution in [0.2, 0.25) is 0 Å². The molecular formula is C10H20N2O. The number of amides is 1. The molecule has 0 unspecified atom stereocenters. The molecule has 0 saturated carbocycles. The third-order valence-corrected chi connectivity index (χ3v) is 3.29. The molecule has 0 bridgehead atoms. The van der Waals surface area contributed by atoms with Crippen LogP contribution in [0.1, 0.15) is 33.1 Å². The molecule has 1 heterocycles. The summed E-state index contributed by atoms with van der Waals surface area (Å²) in [4.78, 5) is 11.4. The fourth-order valence-electron chi connectivity index (χ4n) is 2.25. The Kier molecular flexibility index (Phi) is 3.31. The van der Waals surface area contributed by atoms with E-state index in [9.17, 15) is 4.79 Å². The number of hydrogen-bond donors (Lipinski definition) is 2. The first-order valence-corrected chi connectivity index (χ1v) is 5.12. The fraction of sp³-hybridized carbons (Fsp3) is 0.900. The zero-order valence-electron chi connectivity index (χ0n) is 8.60. The Hall–Kier alpha value is -0.570. The topological polar surface area (TPSA) is 55.1 Å². The van der Waals surface area contributed by atoms with Crippen molar-refractivity contribution < 1.29 is 4.79 Å². The lowest BCUT2D eigenvalue weighted by molar-refractivity contribution is -0.130. The lowest BCUT2D eigenvalue weighted by Gasteiger charge is -2.31. The van der Waals surface area contributed by atoms with E-state index in [4.69, 9.17) is 5.73 Å². The molecule has 76 valence electrons. The Bertz CT molecular complexity index is 187.